The molecule has 3 aromatic rings. The van der Waals surface area contributed by atoms with Gasteiger partial charge in [0, 0.05) is 12.3 Å². The van der Waals surface area contributed by atoms with Crippen LogP contribution in [-0.2, 0) is 4.74 Å². The molecular weight excluding hydrogens is 378 g/mol. The Bertz CT molecular complexity index is 977. The van der Waals surface area contributed by atoms with Gasteiger partial charge in [-0.25, -0.2) is 0 Å². The van der Waals surface area contributed by atoms with Gasteiger partial charge in [0.05, 0.1) is 11.7 Å². The summed E-state index contributed by atoms with van der Waals surface area (Å²) in [5.41, 5.74) is 2.36. The van der Waals surface area contributed by atoms with Gasteiger partial charge >= 0.3 is 0 Å². The molecule has 0 saturated carbocycles. The van der Waals surface area contributed by atoms with Crippen molar-refractivity contribution < 1.29 is 19.0 Å². The fourth-order valence-electron chi connectivity index (χ4n) is 3.29. The van der Waals surface area contributed by atoms with Crippen LogP contribution in [0, 0.1) is 6.92 Å². The minimum Gasteiger partial charge on any atom is -0.490 e. The summed E-state index contributed by atoms with van der Waals surface area (Å²) >= 11 is 0. The van der Waals surface area contributed by atoms with Gasteiger partial charge in [-0.1, -0.05) is 29.8 Å². The Morgan fingerprint density at radius 1 is 1.00 bits per heavy atom. The van der Waals surface area contributed by atoms with Crippen LogP contribution in [0.4, 0.5) is 5.69 Å². The zero-order chi connectivity index (χ0) is 20.8. The quantitative estimate of drug-likeness (QED) is 0.558. The normalized spacial score (nSPS) is 15.6. The molecule has 4 rings (SSSR count). The van der Waals surface area contributed by atoms with E-state index in [0.717, 1.165) is 25.2 Å². The van der Waals surface area contributed by atoms with Gasteiger partial charge in [-0.15, -0.1) is 0 Å². The summed E-state index contributed by atoms with van der Waals surface area (Å²) in [4.78, 5) is 12.8. The Hall–Kier alpha value is -3.31. The maximum Gasteiger partial charge on any atom is 0.259 e. The Balaban J connectivity index is 1.38. The standard InChI is InChI=1S/C25H25NO4/c1-18-8-12-20(13-9-18)30-21-14-10-19(11-15-21)26-25(27)23-6-2-3-7-24(23)29-17-22-5-4-16-28-22/h2-3,6-15,22H,4-5,16-17H2,1H3,(H,26,27). The van der Waals surface area contributed by atoms with Crippen LogP contribution in [0.5, 0.6) is 17.2 Å². The van der Waals surface area contributed by atoms with Crippen LogP contribution >= 0.6 is 0 Å². The number of amides is 1. The maximum absolute atomic E-state index is 12.8. The van der Waals surface area contributed by atoms with E-state index in [4.69, 9.17) is 14.2 Å². The molecule has 1 saturated heterocycles. The van der Waals surface area contributed by atoms with Crippen molar-refractivity contribution in [1.82, 2.24) is 0 Å². The van der Waals surface area contributed by atoms with Crippen molar-refractivity contribution >= 4 is 11.6 Å². The minimum atomic E-state index is -0.217. The van der Waals surface area contributed by atoms with E-state index in [2.05, 4.69) is 5.32 Å². The van der Waals surface area contributed by atoms with Crippen LogP contribution in [-0.4, -0.2) is 25.2 Å². The summed E-state index contributed by atoms with van der Waals surface area (Å²) in [6, 6.07) is 22.4. The van der Waals surface area contributed by atoms with Crippen molar-refractivity contribution in [3.05, 3.63) is 83.9 Å². The van der Waals surface area contributed by atoms with Gasteiger partial charge in [-0.05, 0) is 68.3 Å². The molecule has 0 bridgehead atoms. The van der Waals surface area contributed by atoms with Crippen LogP contribution in [0.3, 0.4) is 0 Å². The molecule has 1 N–H and O–H groups in total. The van der Waals surface area contributed by atoms with Gasteiger partial charge < -0.3 is 19.5 Å². The Morgan fingerprint density at radius 2 is 1.70 bits per heavy atom. The van der Waals surface area contributed by atoms with Gasteiger partial charge in [0.1, 0.15) is 23.9 Å². The third-order valence-corrected chi connectivity index (χ3v) is 4.95. The zero-order valence-corrected chi connectivity index (χ0v) is 17.0. The second-order valence-electron chi connectivity index (χ2n) is 7.34. The molecule has 1 aliphatic rings. The van der Waals surface area contributed by atoms with Crippen LogP contribution < -0.4 is 14.8 Å². The molecule has 1 amide bonds. The molecule has 1 unspecified atom stereocenters. The fraction of sp³-hybridized carbons (Fsp3) is 0.240. The highest BCUT2D eigenvalue weighted by atomic mass is 16.5. The van der Waals surface area contributed by atoms with Gasteiger partial charge in [0.15, 0.2) is 0 Å². The number of hydrogen-bond donors (Lipinski definition) is 1. The number of rotatable bonds is 7. The van der Waals surface area contributed by atoms with Crippen molar-refractivity contribution in [2.24, 2.45) is 0 Å². The summed E-state index contributed by atoms with van der Waals surface area (Å²) in [5, 5.41) is 2.92. The lowest BCUT2D eigenvalue weighted by molar-refractivity contribution is 0.0673. The van der Waals surface area contributed by atoms with E-state index in [1.165, 1.54) is 5.56 Å². The lowest BCUT2D eigenvalue weighted by Gasteiger charge is -2.14. The smallest absolute Gasteiger partial charge is 0.259 e. The Labute approximate surface area is 176 Å². The first-order valence-corrected chi connectivity index (χ1v) is 10.2. The van der Waals surface area contributed by atoms with E-state index in [1.807, 2.05) is 73.7 Å². The minimum absolute atomic E-state index is 0.0993. The van der Waals surface area contributed by atoms with Crippen LogP contribution in [0.25, 0.3) is 0 Å². The van der Waals surface area contributed by atoms with Gasteiger partial charge in [-0.2, -0.15) is 0 Å². The number of nitrogens with one attached hydrogen (secondary N) is 1. The molecule has 0 radical (unpaired) electrons. The lowest BCUT2D eigenvalue weighted by Crippen LogP contribution is -2.19. The number of carbonyl (C=O) groups excluding carboxylic acids is 1. The summed E-state index contributed by atoms with van der Waals surface area (Å²) in [6.07, 6.45) is 2.15. The number of hydrogen-bond acceptors (Lipinski definition) is 4. The van der Waals surface area contributed by atoms with Gasteiger partial charge in [0.25, 0.3) is 5.91 Å². The van der Waals surface area contributed by atoms with Crippen LogP contribution in [0.15, 0.2) is 72.8 Å². The van der Waals surface area contributed by atoms with E-state index in [-0.39, 0.29) is 12.0 Å². The molecule has 0 spiro atoms. The maximum atomic E-state index is 12.8. The first-order valence-electron chi connectivity index (χ1n) is 10.2. The molecule has 5 nitrogen and oxygen atoms in total. The largest absolute Gasteiger partial charge is 0.490 e. The first-order chi connectivity index (χ1) is 14.7. The molecule has 30 heavy (non-hydrogen) atoms. The third kappa shape index (κ3) is 5.19. The molecule has 0 aromatic heterocycles. The summed E-state index contributed by atoms with van der Waals surface area (Å²) in [5.74, 6) is 1.82. The number of benzene rings is 3. The average Bonchev–Trinajstić information content (AvgIpc) is 3.29. The summed E-state index contributed by atoms with van der Waals surface area (Å²) in [6.45, 7) is 3.27. The molecule has 1 heterocycles. The second kappa shape index (κ2) is 9.46. The molecule has 0 aliphatic carbocycles. The van der Waals surface area contributed by atoms with Crippen molar-refractivity contribution in [3.63, 3.8) is 0 Å². The molecule has 5 heteroatoms. The van der Waals surface area contributed by atoms with Crippen LogP contribution in [0.2, 0.25) is 0 Å². The van der Waals surface area contributed by atoms with E-state index in [0.29, 0.717) is 29.4 Å². The van der Waals surface area contributed by atoms with Crippen molar-refractivity contribution in [1.29, 1.82) is 0 Å². The number of ether oxygens (including phenoxy) is 3. The van der Waals surface area contributed by atoms with Crippen molar-refractivity contribution in [2.75, 3.05) is 18.5 Å². The Morgan fingerprint density at radius 3 is 2.40 bits per heavy atom. The molecule has 1 fully saturated rings. The molecular formula is C25H25NO4. The topological polar surface area (TPSA) is 56.8 Å². The van der Waals surface area contributed by atoms with Crippen LogP contribution in [0.1, 0.15) is 28.8 Å². The van der Waals surface area contributed by atoms with E-state index in [9.17, 15) is 4.79 Å². The SMILES string of the molecule is Cc1ccc(Oc2ccc(NC(=O)c3ccccc3OCC3CCCO3)cc2)cc1. The van der Waals surface area contributed by atoms with E-state index >= 15 is 0 Å². The highest BCUT2D eigenvalue weighted by Crippen LogP contribution is 2.25. The monoisotopic (exact) mass is 403 g/mol. The summed E-state index contributed by atoms with van der Waals surface area (Å²) < 4.78 is 17.3. The average molecular weight is 403 g/mol. The predicted molar refractivity (Wildman–Crippen MR) is 117 cm³/mol. The molecule has 3 aromatic carbocycles. The van der Waals surface area contributed by atoms with E-state index in [1.54, 1.807) is 6.07 Å². The predicted octanol–water partition coefficient (Wildman–Crippen LogP) is 5.60. The molecule has 154 valence electrons. The number of anilines is 1. The fourth-order valence-corrected chi connectivity index (χ4v) is 3.29. The second-order valence-corrected chi connectivity index (χ2v) is 7.34. The molecule has 1 atom stereocenters. The Kier molecular flexibility index (Phi) is 6.30. The highest BCUT2D eigenvalue weighted by molar-refractivity contribution is 6.06. The van der Waals surface area contributed by atoms with E-state index < -0.39 is 0 Å². The van der Waals surface area contributed by atoms with Crippen molar-refractivity contribution in [2.45, 2.75) is 25.9 Å². The van der Waals surface area contributed by atoms with Gasteiger partial charge in [0.2, 0.25) is 0 Å². The number of para-hydroxylation sites is 1. The summed E-state index contributed by atoms with van der Waals surface area (Å²) in [7, 11) is 0. The highest BCUT2D eigenvalue weighted by Gasteiger charge is 2.18. The van der Waals surface area contributed by atoms with Crippen molar-refractivity contribution in [3.8, 4) is 17.2 Å². The zero-order valence-electron chi connectivity index (χ0n) is 17.0. The number of carbonyl (C=O) groups is 1. The first kappa shape index (κ1) is 20.0. The number of aryl methyl sites for hydroxylation is 1. The molecule has 1 aliphatic heterocycles. The third-order valence-electron chi connectivity index (χ3n) is 4.95. The van der Waals surface area contributed by atoms with Gasteiger partial charge in [-0.3, -0.25) is 4.79 Å². The lowest BCUT2D eigenvalue weighted by atomic mass is 10.1.